The first kappa shape index (κ1) is 12.7. The van der Waals surface area contributed by atoms with Gasteiger partial charge in [-0.05, 0) is 35.4 Å². The van der Waals surface area contributed by atoms with Gasteiger partial charge in [0.1, 0.15) is 11.0 Å². The highest BCUT2D eigenvalue weighted by molar-refractivity contribution is 6.29. The molecule has 0 spiro atoms. The lowest BCUT2D eigenvalue weighted by atomic mass is 10.0. The maximum absolute atomic E-state index is 6.03. The third-order valence-corrected chi connectivity index (χ3v) is 4.69. The predicted molar refractivity (Wildman–Crippen MR) is 86.9 cm³/mol. The van der Waals surface area contributed by atoms with Gasteiger partial charge in [0.15, 0.2) is 0 Å². The van der Waals surface area contributed by atoms with Gasteiger partial charge in [0.25, 0.3) is 0 Å². The number of nitrogens with one attached hydrogen (secondary N) is 1. The molecule has 1 heterocycles. The van der Waals surface area contributed by atoms with Crippen molar-refractivity contribution in [3.8, 4) is 0 Å². The van der Waals surface area contributed by atoms with E-state index >= 15 is 0 Å². The Morgan fingerprint density at radius 3 is 2.76 bits per heavy atom. The lowest BCUT2D eigenvalue weighted by molar-refractivity contribution is 0.814. The molecule has 0 aliphatic heterocycles. The maximum Gasteiger partial charge on any atom is 0.128 e. The normalized spacial score (nSPS) is 13.0. The maximum atomic E-state index is 6.03. The number of hydrogen-bond donors (Lipinski definition) is 1. The Bertz CT molecular complexity index is 825. The first-order valence-electron chi connectivity index (χ1n) is 7.17. The van der Waals surface area contributed by atoms with E-state index in [2.05, 4.69) is 40.6 Å². The molecule has 21 heavy (non-hydrogen) atoms. The molecule has 0 fully saturated rings. The second kappa shape index (κ2) is 4.78. The smallest absolute Gasteiger partial charge is 0.128 e. The quantitative estimate of drug-likeness (QED) is 0.793. The summed E-state index contributed by atoms with van der Waals surface area (Å²) in [6, 6.07) is 11.0. The molecule has 0 atom stereocenters. The molecule has 4 heteroatoms. The van der Waals surface area contributed by atoms with Crippen molar-refractivity contribution < 1.29 is 0 Å². The molecular weight excluding hydrogens is 282 g/mol. The van der Waals surface area contributed by atoms with Gasteiger partial charge in [-0.3, -0.25) is 0 Å². The molecule has 0 saturated carbocycles. The molecule has 0 bridgehead atoms. The fraction of sp³-hybridized carbons (Fsp3) is 0.235. The Balaban J connectivity index is 1.70. The summed E-state index contributed by atoms with van der Waals surface area (Å²) in [5, 5.41) is 6.90. The fourth-order valence-corrected chi connectivity index (χ4v) is 3.31. The molecular formula is C17H16ClN3. The average molecular weight is 298 g/mol. The Hall–Kier alpha value is -2.00. The van der Waals surface area contributed by atoms with Crippen LogP contribution in [0.5, 0.6) is 0 Å². The number of imidazole rings is 1. The monoisotopic (exact) mass is 297 g/mol. The van der Waals surface area contributed by atoms with Crippen molar-refractivity contribution in [2.24, 2.45) is 7.05 Å². The van der Waals surface area contributed by atoms with Crippen LogP contribution in [0.15, 0.2) is 36.5 Å². The van der Waals surface area contributed by atoms with E-state index < -0.39 is 0 Å². The molecule has 1 N–H and O–H groups in total. The SMILES string of the molecule is Cn1c(Cl)cnc1CNc1ccc2c3c(cccc13)CC2. The molecule has 0 radical (unpaired) electrons. The number of aromatic nitrogens is 2. The van der Waals surface area contributed by atoms with E-state index in [9.17, 15) is 0 Å². The van der Waals surface area contributed by atoms with Crippen molar-refractivity contribution in [3.63, 3.8) is 0 Å². The first-order chi connectivity index (χ1) is 10.2. The zero-order valence-electron chi connectivity index (χ0n) is 11.9. The Morgan fingerprint density at radius 2 is 2.00 bits per heavy atom. The standard InChI is InChI=1S/C17H16ClN3/c1-21-15(18)9-20-16(21)10-19-14-8-7-12-6-5-11-3-2-4-13(14)17(11)12/h2-4,7-9,19H,5-6,10H2,1H3. The van der Waals surface area contributed by atoms with Gasteiger partial charge in [-0.15, -0.1) is 0 Å². The van der Waals surface area contributed by atoms with Gasteiger partial charge in [-0.25, -0.2) is 4.98 Å². The number of halogens is 1. The van der Waals surface area contributed by atoms with Crippen molar-refractivity contribution in [1.82, 2.24) is 9.55 Å². The van der Waals surface area contributed by atoms with E-state index in [0.29, 0.717) is 11.7 Å². The van der Waals surface area contributed by atoms with Gasteiger partial charge in [0.05, 0.1) is 12.7 Å². The second-order valence-electron chi connectivity index (χ2n) is 5.52. The van der Waals surface area contributed by atoms with Crippen molar-refractivity contribution in [1.29, 1.82) is 0 Å². The van der Waals surface area contributed by atoms with Crippen molar-refractivity contribution in [2.45, 2.75) is 19.4 Å². The van der Waals surface area contributed by atoms with Crippen molar-refractivity contribution >= 4 is 28.1 Å². The molecule has 1 aromatic heterocycles. The molecule has 1 aliphatic rings. The van der Waals surface area contributed by atoms with E-state index in [-0.39, 0.29) is 0 Å². The van der Waals surface area contributed by atoms with Crippen LogP contribution in [-0.4, -0.2) is 9.55 Å². The number of rotatable bonds is 3. The molecule has 0 unspecified atom stereocenters. The van der Waals surface area contributed by atoms with Crippen LogP contribution in [0, 0.1) is 0 Å². The summed E-state index contributed by atoms with van der Waals surface area (Å²) in [4.78, 5) is 4.33. The summed E-state index contributed by atoms with van der Waals surface area (Å²) in [7, 11) is 1.93. The van der Waals surface area contributed by atoms with Crippen LogP contribution in [0.1, 0.15) is 17.0 Å². The lowest BCUT2D eigenvalue weighted by Gasteiger charge is -2.11. The average Bonchev–Trinajstić information content (AvgIpc) is 3.06. The number of benzene rings is 2. The third-order valence-electron chi connectivity index (χ3n) is 4.34. The summed E-state index contributed by atoms with van der Waals surface area (Å²) in [6.07, 6.45) is 4.00. The van der Waals surface area contributed by atoms with Crippen LogP contribution in [0.4, 0.5) is 5.69 Å². The van der Waals surface area contributed by atoms with E-state index in [0.717, 1.165) is 24.4 Å². The first-order valence-corrected chi connectivity index (χ1v) is 7.55. The van der Waals surface area contributed by atoms with Crippen LogP contribution < -0.4 is 5.32 Å². The van der Waals surface area contributed by atoms with E-state index in [4.69, 9.17) is 11.6 Å². The largest absolute Gasteiger partial charge is 0.377 e. The Morgan fingerprint density at radius 1 is 1.19 bits per heavy atom. The van der Waals surface area contributed by atoms with Crippen LogP contribution in [0.3, 0.4) is 0 Å². The number of nitrogens with zero attached hydrogens (tertiary/aromatic N) is 2. The number of hydrogen-bond acceptors (Lipinski definition) is 2. The van der Waals surface area contributed by atoms with Gasteiger partial charge in [-0.2, -0.15) is 0 Å². The van der Waals surface area contributed by atoms with Gasteiger partial charge >= 0.3 is 0 Å². The van der Waals surface area contributed by atoms with E-state index in [1.807, 2.05) is 11.6 Å². The zero-order chi connectivity index (χ0) is 14.4. The number of aryl methyl sites for hydroxylation is 2. The van der Waals surface area contributed by atoms with Crippen molar-refractivity contribution in [3.05, 3.63) is 58.6 Å². The second-order valence-corrected chi connectivity index (χ2v) is 5.91. The summed E-state index contributed by atoms with van der Waals surface area (Å²) in [5.41, 5.74) is 4.09. The van der Waals surface area contributed by atoms with Crippen LogP contribution >= 0.6 is 11.6 Å². The van der Waals surface area contributed by atoms with Gasteiger partial charge in [-0.1, -0.05) is 35.9 Å². The molecule has 0 amide bonds. The minimum Gasteiger partial charge on any atom is -0.377 e. The molecule has 3 nitrogen and oxygen atoms in total. The molecule has 1 aliphatic carbocycles. The van der Waals surface area contributed by atoms with Gasteiger partial charge in [0, 0.05) is 18.1 Å². The minimum atomic E-state index is 0.659. The Kier molecular flexibility index (Phi) is 2.89. The fourth-order valence-electron chi connectivity index (χ4n) is 3.16. The highest BCUT2D eigenvalue weighted by Gasteiger charge is 2.15. The molecule has 0 saturated heterocycles. The Labute approximate surface area is 128 Å². The summed E-state index contributed by atoms with van der Waals surface area (Å²) >= 11 is 6.03. The molecule has 4 rings (SSSR count). The summed E-state index contributed by atoms with van der Waals surface area (Å²) in [5.74, 6) is 0.934. The summed E-state index contributed by atoms with van der Waals surface area (Å²) < 4.78 is 1.90. The van der Waals surface area contributed by atoms with Crippen molar-refractivity contribution in [2.75, 3.05) is 5.32 Å². The van der Waals surface area contributed by atoms with E-state index in [1.165, 1.54) is 21.9 Å². The van der Waals surface area contributed by atoms with E-state index in [1.54, 1.807) is 6.20 Å². The lowest BCUT2D eigenvalue weighted by Crippen LogP contribution is -2.06. The zero-order valence-corrected chi connectivity index (χ0v) is 12.6. The highest BCUT2D eigenvalue weighted by atomic mass is 35.5. The predicted octanol–water partition coefficient (Wildman–Crippen LogP) is 3.94. The number of anilines is 1. The van der Waals surface area contributed by atoms with Crippen LogP contribution in [0.25, 0.3) is 10.8 Å². The van der Waals surface area contributed by atoms with Gasteiger partial charge in [0.2, 0.25) is 0 Å². The molecule has 2 aromatic carbocycles. The summed E-state index contributed by atoms with van der Waals surface area (Å²) in [6.45, 7) is 0.669. The van der Waals surface area contributed by atoms with Crippen LogP contribution in [-0.2, 0) is 26.4 Å². The topological polar surface area (TPSA) is 29.9 Å². The molecule has 106 valence electrons. The van der Waals surface area contributed by atoms with Crippen LogP contribution in [0.2, 0.25) is 5.15 Å². The van der Waals surface area contributed by atoms with Gasteiger partial charge < -0.3 is 9.88 Å². The molecule has 3 aromatic rings. The highest BCUT2D eigenvalue weighted by Crippen LogP contribution is 2.35. The third kappa shape index (κ3) is 2.00. The minimum absolute atomic E-state index is 0.659.